The van der Waals surface area contributed by atoms with Gasteiger partial charge >= 0.3 is 0 Å². The molecule has 0 spiro atoms. The maximum absolute atomic E-state index is 11.0. The van der Waals surface area contributed by atoms with Crippen molar-refractivity contribution in [3.8, 4) is 0 Å². The second-order valence-corrected chi connectivity index (χ2v) is 4.03. The van der Waals surface area contributed by atoms with Gasteiger partial charge in [0.25, 0.3) is 0 Å². The Morgan fingerprint density at radius 3 is 2.40 bits per heavy atom. The number of hydrogen-bond acceptors (Lipinski definition) is 1. The van der Waals surface area contributed by atoms with Crippen LogP contribution in [-0.2, 0) is 0 Å². The molecule has 0 aliphatic carbocycles. The molecule has 1 heterocycles. The highest BCUT2D eigenvalue weighted by atomic mass is 79.9. The van der Waals surface area contributed by atoms with Gasteiger partial charge < -0.3 is 4.98 Å². The molecular formula is C5H2Br3NO. The van der Waals surface area contributed by atoms with Gasteiger partial charge in [0.15, 0.2) is 0 Å². The highest BCUT2D eigenvalue weighted by Crippen LogP contribution is 2.17. The molecule has 1 aromatic rings. The lowest BCUT2D eigenvalue weighted by atomic mass is 10.5. The number of aromatic amines is 1. The minimum Gasteiger partial charge on any atom is -0.354 e. The van der Waals surface area contributed by atoms with Crippen molar-refractivity contribution in [2.75, 3.05) is 0 Å². The zero-order chi connectivity index (χ0) is 7.72. The van der Waals surface area contributed by atoms with Crippen molar-refractivity contribution in [1.29, 1.82) is 0 Å². The lowest BCUT2D eigenvalue weighted by Gasteiger charge is -1.94. The quantitative estimate of drug-likeness (QED) is 0.728. The van der Waals surface area contributed by atoms with E-state index in [0.717, 1.165) is 0 Å². The number of H-pyrrole nitrogens is 1. The van der Waals surface area contributed by atoms with E-state index in [4.69, 9.17) is 0 Å². The van der Waals surface area contributed by atoms with Crippen molar-refractivity contribution in [2.45, 2.75) is 0 Å². The van der Waals surface area contributed by atoms with Crippen LogP contribution in [0.25, 0.3) is 0 Å². The second kappa shape index (κ2) is 3.19. The Labute approximate surface area is 82.4 Å². The predicted molar refractivity (Wildman–Crippen MR) is 50.2 cm³/mol. The van der Waals surface area contributed by atoms with Crippen LogP contribution in [0.3, 0.4) is 0 Å². The topological polar surface area (TPSA) is 32.9 Å². The van der Waals surface area contributed by atoms with Crippen molar-refractivity contribution >= 4 is 47.8 Å². The van der Waals surface area contributed by atoms with Crippen LogP contribution in [0.4, 0.5) is 0 Å². The Kier molecular flexibility index (Phi) is 2.71. The average Bonchev–Trinajstić information content (AvgIpc) is 1.93. The minimum absolute atomic E-state index is 0.0642. The summed E-state index contributed by atoms with van der Waals surface area (Å²) in [7, 11) is 0. The fourth-order valence-corrected chi connectivity index (χ4v) is 1.66. The normalized spacial score (nSPS) is 9.90. The third-order valence-corrected chi connectivity index (χ3v) is 3.44. The van der Waals surface area contributed by atoms with Crippen molar-refractivity contribution in [2.24, 2.45) is 0 Å². The minimum atomic E-state index is -0.0642. The molecule has 1 N–H and O–H groups in total. The van der Waals surface area contributed by atoms with Gasteiger partial charge in [-0.05, 0) is 47.8 Å². The summed E-state index contributed by atoms with van der Waals surface area (Å²) in [5.41, 5.74) is -0.0642. The number of nitrogens with one attached hydrogen (secondary N) is 1. The van der Waals surface area contributed by atoms with E-state index in [2.05, 4.69) is 52.8 Å². The monoisotopic (exact) mass is 329 g/mol. The van der Waals surface area contributed by atoms with Crippen LogP contribution in [0, 0.1) is 0 Å². The van der Waals surface area contributed by atoms with Crippen LogP contribution in [0.15, 0.2) is 24.5 Å². The van der Waals surface area contributed by atoms with E-state index in [9.17, 15) is 4.79 Å². The molecule has 54 valence electrons. The number of rotatable bonds is 0. The Hall–Kier alpha value is 0.390. The molecule has 0 fully saturated rings. The van der Waals surface area contributed by atoms with Gasteiger partial charge in [0, 0.05) is 6.20 Å². The molecule has 0 saturated carbocycles. The molecule has 0 aliphatic heterocycles. The highest BCUT2D eigenvalue weighted by Gasteiger charge is 2.03. The van der Waals surface area contributed by atoms with Crippen LogP contribution in [-0.4, -0.2) is 4.98 Å². The van der Waals surface area contributed by atoms with Crippen molar-refractivity contribution in [3.63, 3.8) is 0 Å². The first-order valence-electron chi connectivity index (χ1n) is 2.35. The summed E-state index contributed by atoms with van der Waals surface area (Å²) in [6, 6.07) is 0. The zero-order valence-electron chi connectivity index (χ0n) is 4.62. The summed E-state index contributed by atoms with van der Waals surface area (Å²) < 4.78 is 1.67. The van der Waals surface area contributed by atoms with Crippen LogP contribution >= 0.6 is 47.8 Å². The van der Waals surface area contributed by atoms with Gasteiger partial charge in [-0.3, -0.25) is 4.79 Å². The number of pyridine rings is 1. The van der Waals surface area contributed by atoms with E-state index in [1.165, 1.54) is 0 Å². The third-order valence-electron chi connectivity index (χ3n) is 0.935. The molecule has 0 aromatic carbocycles. The molecule has 0 aliphatic rings. The summed E-state index contributed by atoms with van der Waals surface area (Å²) in [6.07, 6.45) is 1.58. The lowest BCUT2D eigenvalue weighted by Crippen LogP contribution is -2.03. The molecule has 2 nitrogen and oxygen atoms in total. The van der Waals surface area contributed by atoms with Crippen LogP contribution in [0.1, 0.15) is 0 Å². The maximum Gasteiger partial charge on any atom is 0.211 e. The molecule has 5 heteroatoms. The SMILES string of the molecule is O=c1c(Br)c[nH]c(Br)c1Br. The predicted octanol–water partition coefficient (Wildman–Crippen LogP) is 2.66. The summed E-state index contributed by atoms with van der Waals surface area (Å²) in [5, 5.41) is 0. The molecule has 0 amide bonds. The number of hydrogen-bond donors (Lipinski definition) is 1. The van der Waals surface area contributed by atoms with Crippen molar-refractivity contribution < 1.29 is 0 Å². The van der Waals surface area contributed by atoms with Crippen LogP contribution in [0.5, 0.6) is 0 Å². The van der Waals surface area contributed by atoms with Crippen molar-refractivity contribution in [3.05, 3.63) is 30.0 Å². The Bertz CT molecular complexity index is 306. The Morgan fingerprint density at radius 2 is 1.90 bits per heavy atom. The number of halogens is 3. The highest BCUT2D eigenvalue weighted by molar-refractivity contribution is 9.13. The zero-order valence-corrected chi connectivity index (χ0v) is 9.38. The van der Waals surface area contributed by atoms with E-state index in [0.29, 0.717) is 13.5 Å². The van der Waals surface area contributed by atoms with Crippen LogP contribution < -0.4 is 5.43 Å². The van der Waals surface area contributed by atoms with E-state index in [1.807, 2.05) is 0 Å². The first-order chi connectivity index (χ1) is 4.63. The summed E-state index contributed by atoms with van der Waals surface area (Å²) in [4.78, 5) is 13.9. The molecule has 0 atom stereocenters. The standard InChI is InChI=1S/C5H2Br3NO/c6-2-1-9-5(8)3(7)4(2)10/h1H,(H,9,10). The maximum atomic E-state index is 11.0. The van der Waals surface area contributed by atoms with Gasteiger partial charge in [0.2, 0.25) is 5.43 Å². The second-order valence-electron chi connectivity index (χ2n) is 1.59. The average molecular weight is 332 g/mol. The molecular weight excluding hydrogens is 330 g/mol. The van der Waals surface area contributed by atoms with E-state index in [1.54, 1.807) is 6.20 Å². The summed E-state index contributed by atoms with van der Waals surface area (Å²) in [6.45, 7) is 0. The van der Waals surface area contributed by atoms with Gasteiger partial charge in [-0.2, -0.15) is 0 Å². The van der Waals surface area contributed by atoms with Gasteiger partial charge in [0.1, 0.15) is 4.60 Å². The molecule has 0 saturated heterocycles. The smallest absolute Gasteiger partial charge is 0.211 e. The lowest BCUT2D eigenvalue weighted by molar-refractivity contribution is 1.21. The molecule has 0 radical (unpaired) electrons. The first-order valence-corrected chi connectivity index (χ1v) is 4.73. The number of aromatic nitrogens is 1. The van der Waals surface area contributed by atoms with Gasteiger partial charge in [-0.25, -0.2) is 0 Å². The van der Waals surface area contributed by atoms with Crippen molar-refractivity contribution in [1.82, 2.24) is 4.98 Å². The van der Waals surface area contributed by atoms with Gasteiger partial charge in [0.05, 0.1) is 8.95 Å². The third kappa shape index (κ3) is 1.52. The van der Waals surface area contributed by atoms with Gasteiger partial charge in [-0.1, -0.05) is 0 Å². The largest absolute Gasteiger partial charge is 0.354 e. The van der Waals surface area contributed by atoms with E-state index in [-0.39, 0.29) is 5.43 Å². The summed E-state index contributed by atoms with van der Waals surface area (Å²) >= 11 is 9.35. The molecule has 0 bridgehead atoms. The fraction of sp³-hybridized carbons (Fsp3) is 0. The van der Waals surface area contributed by atoms with Gasteiger partial charge in [-0.15, -0.1) is 0 Å². The Balaban J connectivity index is 3.50. The molecule has 1 rings (SSSR count). The Morgan fingerprint density at radius 1 is 1.30 bits per heavy atom. The summed E-state index contributed by atoms with van der Waals surface area (Å²) in [5.74, 6) is 0. The molecule has 0 unspecified atom stereocenters. The molecule has 1 aromatic heterocycles. The first kappa shape index (κ1) is 8.49. The van der Waals surface area contributed by atoms with E-state index < -0.39 is 0 Å². The fourth-order valence-electron chi connectivity index (χ4n) is 0.460. The van der Waals surface area contributed by atoms with E-state index >= 15 is 0 Å². The van der Waals surface area contributed by atoms with Crippen LogP contribution in [0.2, 0.25) is 0 Å². The molecule has 10 heavy (non-hydrogen) atoms.